The Kier molecular flexibility index (Phi) is 3.29. The molecule has 0 amide bonds. The highest BCUT2D eigenvalue weighted by atomic mass is 35.5. The van der Waals surface area contributed by atoms with Crippen LogP contribution in [0.15, 0.2) is 11.6 Å². The average molecular weight is 239 g/mol. The molecule has 0 radical (unpaired) electrons. The first-order valence-corrected chi connectivity index (χ1v) is 7.58. The van der Waals surface area contributed by atoms with Crippen molar-refractivity contribution in [3.05, 3.63) is 11.6 Å². The molecule has 0 spiro atoms. The van der Waals surface area contributed by atoms with Gasteiger partial charge in [-0.2, -0.15) is 0 Å². The van der Waals surface area contributed by atoms with Gasteiger partial charge in [0, 0.05) is 0 Å². The summed E-state index contributed by atoms with van der Waals surface area (Å²) in [6, 6.07) is 0. The third-order valence-electron chi connectivity index (χ3n) is 5.05. The van der Waals surface area contributed by atoms with Crippen molar-refractivity contribution in [2.45, 2.75) is 63.2 Å². The zero-order valence-electron chi connectivity index (χ0n) is 10.1. The van der Waals surface area contributed by atoms with Crippen molar-refractivity contribution in [1.82, 2.24) is 0 Å². The molecule has 0 aromatic carbocycles. The van der Waals surface area contributed by atoms with E-state index in [0.717, 1.165) is 17.8 Å². The van der Waals surface area contributed by atoms with Gasteiger partial charge in [-0.05, 0) is 62.7 Å². The number of rotatable bonds is 2. The van der Waals surface area contributed by atoms with E-state index in [1.165, 1.54) is 51.4 Å². The predicted octanol–water partition coefficient (Wildman–Crippen LogP) is 4.92. The Morgan fingerprint density at radius 2 is 2.06 bits per heavy atom. The number of halogens is 1. The molecule has 0 nitrogen and oxygen atoms in total. The summed E-state index contributed by atoms with van der Waals surface area (Å²) < 4.78 is 0. The molecule has 3 aliphatic carbocycles. The Morgan fingerprint density at radius 1 is 1.12 bits per heavy atom. The van der Waals surface area contributed by atoms with Crippen LogP contribution in [-0.2, 0) is 0 Å². The minimum absolute atomic E-state index is 0.330. The maximum absolute atomic E-state index is 6.30. The molecule has 0 N–H and O–H groups in total. The Morgan fingerprint density at radius 3 is 2.81 bits per heavy atom. The number of hydrogen-bond donors (Lipinski definition) is 0. The van der Waals surface area contributed by atoms with E-state index < -0.39 is 0 Å². The molecule has 2 bridgehead atoms. The first-order valence-electron chi connectivity index (χ1n) is 7.15. The summed E-state index contributed by atoms with van der Waals surface area (Å²) in [7, 11) is 0. The Balaban J connectivity index is 1.61. The number of fused-ring (bicyclic) bond motifs is 2. The molecule has 4 atom stereocenters. The smallest absolute Gasteiger partial charge is 0.0518 e. The highest BCUT2D eigenvalue weighted by Gasteiger charge is 2.39. The topological polar surface area (TPSA) is 0 Å². The van der Waals surface area contributed by atoms with Crippen LogP contribution in [0.2, 0.25) is 0 Å². The van der Waals surface area contributed by atoms with Crippen molar-refractivity contribution in [3.8, 4) is 0 Å². The van der Waals surface area contributed by atoms with Crippen molar-refractivity contribution in [1.29, 1.82) is 0 Å². The zero-order valence-corrected chi connectivity index (χ0v) is 10.9. The Bertz CT molecular complexity index is 281. The molecule has 0 heterocycles. The van der Waals surface area contributed by atoms with Crippen molar-refractivity contribution in [3.63, 3.8) is 0 Å². The lowest BCUT2D eigenvalue weighted by Crippen LogP contribution is -2.11. The van der Waals surface area contributed by atoms with Crippen molar-refractivity contribution in [2.75, 3.05) is 0 Å². The molecular formula is C15H23Cl. The maximum atomic E-state index is 6.30. The van der Waals surface area contributed by atoms with E-state index in [1.54, 1.807) is 12.0 Å². The van der Waals surface area contributed by atoms with E-state index in [9.17, 15) is 0 Å². The number of allylic oxidation sites excluding steroid dienone is 2. The third kappa shape index (κ3) is 2.32. The summed E-state index contributed by atoms with van der Waals surface area (Å²) >= 11 is 6.30. The van der Waals surface area contributed by atoms with Crippen LogP contribution in [0.25, 0.3) is 0 Å². The van der Waals surface area contributed by atoms with Gasteiger partial charge in [0.1, 0.15) is 0 Å². The van der Waals surface area contributed by atoms with E-state index in [4.69, 9.17) is 11.6 Å². The molecule has 0 saturated heterocycles. The van der Waals surface area contributed by atoms with Gasteiger partial charge in [0.2, 0.25) is 0 Å². The van der Waals surface area contributed by atoms with E-state index in [2.05, 4.69) is 6.08 Å². The molecule has 2 fully saturated rings. The lowest BCUT2D eigenvalue weighted by molar-refractivity contribution is 0.328. The van der Waals surface area contributed by atoms with Crippen LogP contribution in [0.1, 0.15) is 57.8 Å². The van der Waals surface area contributed by atoms with E-state index >= 15 is 0 Å². The van der Waals surface area contributed by atoms with Gasteiger partial charge in [-0.3, -0.25) is 0 Å². The SMILES string of the molecule is ClC1C=C(CC2CC3CCC2C3)CCCC1. The molecule has 1 heteroatoms. The zero-order chi connectivity index (χ0) is 11.0. The van der Waals surface area contributed by atoms with Crippen molar-refractivity contribution >= 4 is 11.6 Å². The molecular weight excluding hydrogens is 216 g/mol. The van der Waals surface area contributed by atoms with Crippen LogP contribution in [0.5, 0.6) is 0 Å². The minimum Gasteiger partial charge on any atom is -0.118 e. The summed E-state index contributed by atoms with van der Waals surface area (Å²) in [5.41, 5.74) is 1.69. The van der Waals surface area contributed by atoms with Gasteiger partial charge in [-0.15, -0.1) is 11.6 Å². The second-order valence-corrected chi connectivity index (χ2v) is 6.79. The number of hydrogen-bond acceptors (Lipinski definition) is 0. The third-order valence-corrected chi connectivity index (χ3v) is 5.40. The summed E-state index contributed by atoms with van der Waals surface area (Å²) in [5.74, 6) is 3.18. The van der Waals surface area contributed by atoms with Gasteiger partial charge in [0.25, 0.3) is 0 Å². The van der Waals surface area contributed by atoms with Crippen LogP contribution in [0.4, 0.5) is 0 Å². The van der Waals surface area contributed by atoms with Gasteiger partial charge < -0.3 is 0 Å². The van der Waals surface area contributed by atoms with Crippen LogP contribution in [0, 0.1) is 17.8 Å². The van der Waals surface area contributed by atoms with E-state index in [1.807, 2.05) is 0 Å². The largest absolute Gasteiger partial charge is 0.118 e. The van der Waals surface area contributed by atoms with Crippen molar-refractivity contribution < 1.29 is 0 Å². The molecule has 3 rings (SSSR count). The van der Waals surface area contributed by atoms with E-state index in [0.29, 0.717) is 5.38 Å². The lowest BCUT2D eigenvalue weighted by Gasteiger charge is -2.22. The molecule has 0 aromatic rings. The number of alkyl halides is 1. The normalized spacial score (nSPS) is 43.2. The molecule has 16 heavy (non-hydrogen) atoms. The van der Waals surface area contributed by atoms with E-state index in [-0.39, 0.29) is 0 Å². The summed E-state index contributed by atoms with van der Waals surface area (Å²) in [4.78, 5) is 0. The maximum Gasteiger partial charge on any atom is 0.0518 e. The standard InChI is InChI=1S/C15H23Cl/c16-15-4-2-1-3-11(10-15)8-14-9-12-5-6-13(14)7-12/h10,12-15H,1-9H2. The average Bonchev–Trinajstić information content (AvgIpc) is 2.80. The predicted molar refractivity (Wildman–Crippen MR) is 69.7 cm³/mol. The quantitative estimate of drug-likeness (QED) is 0.473. The fraction of sp³-hybridized carbons (Fsp3) is 0.867. The first-order chi connectivity index (χ1) is 7.81. The Hall–Kier alpha value is 0.0300. The lowest BCUT2D eigenvalue weighted by atomic mass is 9.83. The van der Waals surface area contributed by atoms with Crippen LogP contribution in [0.3, 0.4) is 0 Å². The summed E-state index contributed by atoms with van der Waals surface area (Å²) in [6.45, 7) is 0. The fourth-order valence-corrected chi connectivity index (χ4v) is 4.58. The first kappa shape index (κ1) is 11.1. The van der Waals surface area contributed by atoms with Crippen LogP contribution >= 0.6 is 11.6 Å². The molecule has 0 aromatic heterocycles. The van der Waals surface area contributed by atoms with Crippen molar-refractivity contribution in [2.24, 2.45) is 17.8 Å². The second kappa shape index (κ2) is 4.72. The molecule has 3 aliphatic rings. The Labute approximate surface area is 104 Å². The summed E-state index contributed by atoms with van der Waals surface area (Å²) in [5, 5.41) is 0.330. The van der Waals surface area contributed by atoms with Crippen LogP contribution < -0.4 is 0 Å². The molecule has 90 valence electrons. The van der Waals surface area contributed by atoms with Crippen LogP contribution in [-0.4, -0.2) is 5.38 Å². The second-order valence-electron chi connectivity index (χ2n) is 6.23. The van der Waals surface area contributed by atoms with Gasteiger partial charge in [0.15, 0.2) is 0 Å². The fourth-order valence-electron chi connectivity index (χ4n) is 4.25. The highest BCUT2D eigenvalue weighted by molar-refractivity contribution is 6.21. The van der Waals surface area contributed by atoms with Gasteiger partial charge in [0.05, 0.1) is 5.38 Å². The monoisotopic (exact) mass is 238 g/mol. The van der Waals surface area contributed by atoms with Gasteiger partial charge in [-0.1, -0.05) is 24.5 Å². The van der Waals surface area contributed by atoms with Gasteiger partial charge in [-0.25, -0.2) is 0 Å². The van der Waals surface area contributed by atoms with Gasteiger partial charge >= 0.3 is 0 Å². The minimum atomic E-state index is 0.330. The molecule has 4 unspecified atom stereocenters. The highest BCUT2D eigenvalue weighted by Crippen LogP contribution is 2.50. The molecule has 2 saturated carbocycles. The summed E-state index contributed by atoms with van der Waals surface area (Å²) in [6.07, 6.45) is 15.1. The molecule has 0 aliphatic heterocycles.